The molecule has 0 atom stereocenters. The molecule has 18 heavy (non-hydrogen) atoms. The number of methoxy groups -OCH3 is 2. The SMILES string of the molecule is COC(OC)(C(=O)O)c1cccc2ccccc12. The Balaban J connectivity index is 2.76. The van der Waals surface area contributed by atoms with E-state index in [1.165, 1.54) is 14.2 Å². The second-order valence-electron chi connectivity index (χ2n) is 3.86. The third-order valence-electron chi connectivity index (χ3n) is 3.00. The maximum Gasteiger partial charge on any atom is 0.369 e. The maximum absolute atomic E-state index is 11.5. The fourth-order valence-electron chi connectivity index (χ4n) is 2.11. The molecule has 0 fully saturated rings. The number of hydrogen-bond acceptors (Lipinski definition) is 3. The first-order valence-electron chi connectivity index (χ1n) is 5.47. The van der Waals surface area contributed by atoms with Crippen molar-refractivity contribution in [2.75, 3.05) is 14.2 Å². The molecule has 94 valence electrons. The van der Waals surface area contributed by atoms with Crippen LogP contribution in [0.5, 0.6) is 0 Å². The minimum Gasteiger partial charge on any atom is -0.477 e. The number of carboxylic acids is 1. The number of carbonyl (C=O) groups is 1. The summed E-state index contributed by atoms with van der Waals surface area (Å²) in [6, 6.07) is 12.9. The second-order valence-corrected chi connectivity index (χ2v) is 3.86. The Morgan fingerprint density at radius 1 is 1.06 bits per heavy atom. The van der Waals surface area contributed by atoms with Crippen molar-refractivity contribution in [3.63, 3.8) is 0 Å². The fourth-order valence-corrected chi connectivity index (χ4v) is 2.11. The topological polar surface area (TPSA) is 55.8 Å². The van der Waals surface area contributed by atoms with Gasteiger partial charge in [0.15, 0.2) is 0 Å². The third kappa shape index (κ3) is 1.75. The molecule has 2 aromatic carbocycles. The van der Waals surface area contributed by atoms with Crippen molar-refractivity contribution in [3.8, 4) is 0 Å². The molecule has 4 nitrogen and oxygen atoms in total. The Hall–Kier alpha value is -1.91. The van der Waals surface area contributed by atoms with Crippen LogP contribution in [-0.2, 0) is 20.1 Å². The van der Waals surface area contributed by atoms with E-state index in [1.54, 1.807) is 12.1 Å². The van der Waals surface area contributed by atoms with Gasteiger partial charge in [0, 0.05) is 19.8 Å². The van der Waals surface area contributed by atoms with Crippen molar-refractivity contribution >= 4 is 16.7 Å². The van der Waals surface area contributed by atoms with Crippen LogP contribution < -0.4 is 0 Å². The van der Waals surface area contributed by atoms with Gasteiger partial charge in [0.25, 0.3) is 5.79 Å². The zero-order chi connectivity index (χ0) is 13.2. The highest BCUT2D eigenvalue weighted by Gasteiger charge is 2.42. The second kappa shape index (κ2) is 4.76. The molecule has 4 heteroatoms. The molecular weight excluding hydrogens is 232 g/mol. The zero-order valence-electron chi connectivity index (χ0n) is 10.2. The molecule has 0 heterocycles. The molecular formula is C14H14O4. The lowest BCUT2D eigenvalue weighted by Crippen LogP contribution is -2.39. The number of benzene rings is 2. The molecule has 0 amide bonds. The summed E-state index contributed by atoms with van der Waals surface area (Å²) in [4.78, 5) is 11.5. The van der Waals surface area contributed by atoms with Crippen LogP contribution in [0.25, 0.3) is 10.8 Å². The Kier molecular flexibility index (Phi) is 3.32. The third-order valence-corrected chi connectivity index (χ3v) is 3.00. The van der Waals surface area contributed by atoms with E-state index in [2.05, 4.69) is 0 Å². The summed E-state index contributed by atoms with van der Waals surface area (Å²) < 4.78 is 10.2. The van der Waals surface area contributed by atoms with Crippen LogP contribution in [0, 0.1) is 0 Å². The highest BCUT2D eigenvalue weighted by Crippen LogP contribution is 2.32. The van der Waals surface area contributed by atoms with Crippen LogP contribution in [0.15, 0.2) is 42.5 Å². The van der Waals surface area contributed by atoms with Gasteiger partial charge in [0.05, 0.1) is 0 Å². The Morgan fingerprint density at radius 3 is 2.28 bits per heavy atom. The van der Waals surface area contributed by atoms with Crippen LogP contribution in [0.2, 0.25) is 0 Å². The van der Waals surface area contributed by atoms with Crippen molar-refractivity contribution in [2.24, 2.45) is 0 Å². The average molecular weight is 246 g/mol. The summed E-state index contributed by atoms with van der Waals surface area (Å²) in [5.41, 5.74) is 0.484. The lowest BCUT2D eigenvalue weighted by atomic mass is 9.97. The predicted molar refractivity (Wildman–Crippen MR) is 67.3 cm³/mol. The van der Waals surface area contributed by atoms with Crippen LogP contribution in [0.1, 0.15) is 5.56 Å². The molecule has 0 saturated carbocycles. The standard InChI is InChI=1S/C14H14O4/c1-17-14(18-2,13(15)16)12-9-5-7-10-6-3-4-8-11(10)12/h3-9H,1-2H3,(H,15,16). The normalized spacial score (nSPS) is 11.7. The van der Waals surface area contributed by atoms with E-state index in [9.17, 15) is 9.90 Å². The molecule has 0 aliphatic heterocycles. The van der Waals surface area contributed by atoms with Crippen LogP contribution in [0.3, 0.4) is 0 Å². The van der Waals surface area contributed by atoms with E-state index >= 15 is 0 Å². The summed E-state index contributed by atoms with van der Waals surface area (Å²) in [6.45, 7) is 0. The average Bonchev–Trinajstić information content (AvgIpc) is 2.40. The number of aliphatic carboxylic acids is 1. The van der Waals surface area contributed by atoms with Crippen molar-refractivity contribution in [3.05, 3.63) is 48.0 Å². The minimum absolute atomic E-state index is 0.484. The summed E-state index contributed by atoms with van der Waals surface area (Å²) in [6.07, 6.45) is 0. The molecule has 0 unspecified atom stereocenters. The number of rotatable bonds is 4. The van der Waals surface area contributed by atoms with E-state index < -0.39 is 11.8 Å². The summed E-state index contributed by atoms with van der Waals surface area (Å²) >= 11 is 0. The van der Waals surface area contributed by atoms with Crippen molar-refractivity contribution in [1.29, 1.82) is 0 Å². The molecule has 0 radical (unpaired) electrons. The van der Waals surface area contributed by atoms with E-state index in [-0.39, 0.29) is 0 Å². The van der Waals surface area contributed by atoms with Gasteiger partial charge in [-0.2, -0.15) is 0 Å². The number of ether oxygens (including phenoxy) is 2. The van der Waals surface area contributed by atoms with Crippen molar-refractivity contribution in [2.45, 2.75) is 5.79 Å². The molecule has 0 bridgehead atoms. The molecule has 0 spiro atoms. The van der Waals surface area contributed by atoms with Crippen molar-refractivity contribution in [1.82, 2.24) is 0 Å². The van der Waals surface area contributed by atoms with E-state index in [0.717, 1.165) is 10.8 Å². The first-order chi connectivity index (χ1) is 8.65. The smallest absolute Gasteiger partial charge is 0.369 e. The zero-order valence-corrected chi connectivity index (χ0v) is 10.2. The van der Waals surface area contributed by atoms with Gasteiger partial charge in [-0.3, -0.25) is 0 Å². The molecule has 2 rings (SSSR count). The largest absolute Gasteiger partial charge is 0.477 e. The highest BCUT2D eigenvalue weighted by atomic mass is 16.7. The molecule has 0 saturated heterocycles. The van der Waals surface area contributed by atoms with Crippen LogP contribution in [-0.4, -0.2) is 25.3 Å². The molecule has 0 aromatic heterocycles. The van der Waals surface area contributed by atoms with E-state index in [4.69, 9.17) is 9.47 Å². The molecule has 1 N–H and O–H groups in total. The van der Waals surface area contributed by atoms with E-state index in [1.807, 2.05) is 30.3 Å². The maximum atomic E-state index is 11.5. The van der Waals surface area contributed by atoms with Crippen LogP contribution in [0.4, 0.5) is 0 Å². The quantitative estimate of drug-likeness (QED) is 0.841. The number of fused-ring (bicyclic) bond motifs is 1. The van der Waals surface area contributed by atoms with Gasteiger partial charge < -0.3 is 14.6 Å². The summed E-state index contributed by atoms with van der Waals surface area (Å²) in [5.74, 6) is -2.95. The predicted octanol–water partition coefficient (Wildman–Crippen LogP) is 2.37. The first-order valence-corrected chi connectivity index (χ1v) is 5.47. The van der Waals surface area contributed by atoms with Gasteiger partial charge in [0.1, 0.15) is 0 Å². The van der Waals surface area contributed by atoms with Gasteiger partial charge >= 0.3 is 5.97 Å². The minimum atomic E-state index is -1.78. The van der Waals surface area contributed by atoms with Crippen molar-refractivity contribution < 1.29 is 19.4 Å². The monoisotopic (exact) mass is 246 g/mol. The summed E-state index contributed by atoms with van der Waals surface area (Å²) in [7, 11) is 2.64. The Labute approximate surface area is 105 Å². The number of carboxylic acid groups (broad SMARTS) is 1. The molecule has 0 aliphatic carbocycles. The Bertz CT molecular complexity index is 568. The van der Waals surface area contributed by atoms with Gasteiger partial charge in [-0.05, 0) is 10.8 Å². The lowest BCUT2D eigenvalue weighted by Gasteiger charge is -2.27. The van der Waals surface area contributed by atoms with Gasteiger partial charge in [0.2, 0.25) is 0 Å². The molecule has 2 aromatic rings. The van der Waals surface area contributed by atoms with Gasteiger partial charge in [-0.1, -0.05) is 42.5 Å². The van der Waals surface area contributed by atoms with Gasteiger partial charge in [-0.25, -0.2) is 4.79 Å². The lowest BCUT2D eigenvalue weighted by molar-refractivity contribution is -0.230. The Morgan fingerprint density at radius 2 is 1.67 bits per heavy atom. The van der Waals surface area contributed by atoms with Crippen LogP contribution >= 0.6 is 0 Å². The fraction of sp³-hybridized carbons (Fsp3) is 0.214. The summed E-state index contributed by atoms with van der Waals surface area (Å²) in [5, 5.41) is 11.1. The molecule has 0 aliphatic rings. The van der Waals surface area contributed by atoms with Gasteiger partial charge in [-0.15, -0.1) is 0 Å². The van der Waals surface area contributed by atoms with E-state index in [0.29, 0.717) is 5.56 Å². The number of hydrogen-bond donors (Lipinski definition) is 1. The first kappa shape index (κ1) is 12.5. The highest BCUT2D eigenvalue weighted by molar-refractivity contribution is 5.91.